The molecule has 0 spiro atoms. The molecule has 34 heavy (non-hydrogen) atoms. The first-order chi connectivity index (χ1) is 16.4. The van der Waals surface area contributed by atoms with Gasteiger partial charge in [0.1, 0.15) is 11.4 Å². The van der Waals surface area contributed by atoms with E-state index in [9.17, 15) is 4.79 Å². The Morgan fingerprint density at radius 2 is 1.91 bits per heavy atom. The van der Waals surface area contributed by atoms with Crippen molar-refractivity contribution in [2.75, 3.05) is 0 Å². The molecule has 1 aliphatic carbocycles. The number of hydrogen-bond donors (Lipinski definition) is 2. The van der Waals surface area contributed by atoms with Crippen molar-refractivity contribution in [1.29, 1.82) is 0 Å². The minimum Gasteiger partial charge on any atom is -0.463 e. The molecule has 6 aromatic rings. The number of pyridine rings is 1. The van der Waals surface area contributed by atoms with E-state index in [-0.39, 0.29) is 11.0 Å². The van der Waals surface area contributed by atoms with Gasteiger partial charge in [-0.2, -0.15) is 0 Å². The molecule has 0 bridgehead atoms. The van der Waals surface area contributed by atoms with Gasteiger partial charge in [0, 0.05) is 21.7 Å². The van der Waals surface area contributed by atoms with Crippen LogP contribution in [0.5, 0.6) is 0 Å². The molecular formula is C29H25N3O2. The summed E-state index contributed by atoms with van der Waals surface area (Å²) in [5, 5.41) is 4.26. The van der Waals surface area contributed by atoms with Crippen LogP contribution < -0.4 is 5.56 Å². The standard InChI is InChI=1S/C29H25N3O2/c1-15-14-34-26-18-10-11-20-17(8-6-12-29(20,2)3)23(18)25-24(22(15)26)31-27(32-25)19-13-16-7-4-5-9-21(16)30-28(19)33/h4-5,7,9-11,13-14H,6,8,12H2,1-3H3,(H,30,33)(H,31,32). The van der Waals surface area contributed by atoms with Crippen molar-refractivity contribution in [3.63, 3.8) is 0 Å². The summed E-state index contributed by atoms with van der Waals surface area (Å²) in [4.78, 5) is 24.7. The van der Waals surface area contributed by atoms with Crippen LogP contribution in [0.3, 0.4) is 0 Å². The second-order valence-corrected chi connectivity index (χ2v) is 10.3. The average Bonchev–Trinajstić information content (AvgIpc) is 3.42. The van der Waals surface area contributed by atoms with Crippen LogP contribution in [-0.2, 0) is 11.8 Å². The Morgan fingerprint density at radius 1 is 1.06 bits per heavy atom. The zero-order chi connectivity index (χ0) is 23.2. The molecule has 5 nitrogen and oxygen atoms in total. The highest BCUT2D eigenvalue weighted by molar-refractivity contribution is 6.24. The number of aryl methyl sites for hydroxylation is 2. The number of benzene rings is 3. The second-order valence-electron chi connectivity index (χ2n) is 10.3. The van der Waals surface area contributed by atoms with Crippen LogP contribution in [0, 0.1) is 6.92 Å². The highest BCUT2D eigenvalue weighted by Gasteiger charge is 2.30. The van der Waals surface area contributed by atoms with Gasteiger partial charge in [0.2, 0.25) is 0 Å². The van der Waals surface area contributed by atoms with E-state index in [0.717, 1.165) is 62.1 Å². The molecule has 2 N–H and O–H groups in total. The number of hydrogen-bond acceptors (Lipinski definition) is 3. The van der Waals surface area contributed by atoms with E-state index in [2.05, 4.69) is 42.9 Å². The summed E-state index contributed by atoms with van der Waals surface area (Å²) < 4.78 is 6.09. The molecule has 0 radical (unpaired) electrons. The average molecular weight is 448 g/mol. The predicted octanol–water partition coefficient (Wildman–Crippen LogP) is 6.89. The molecule has 0 saturated heterocycles. The monoisotopic (exact) mass is 447 g/mol. The molecule has 3 aromatic carbocycles. The van der Waals surface area contributed by atoms with Crippen LogP contribution in [0.15, 0.2) is 57.9 Å². The second kappa shape index (κ2) is 6.60. The molecule has 3 heterocycles. The molecule has 0 fully saturated rings. The smallest absolute Gasteiger partial charge is 0.259 e. The summed E-state index contributed by atoms with van der Waals surface area (Å²) in [6.07, 6.45) is 5.16. The lowest BCUT2D eigenvalue weighted by atomic mass is 9.71. The highest BCUT2D eigenvalue weighted by Crippen LogP contribution is 2.45. The van der Waals surface area contributed by atoms with Crippen molar-refractivity contribution in [3.8, 4) is 11.4 Å². The first-order valence-corrected chi connectivity index (χ1v) is 11.9. The third-order valence-electron chi connectivity index (χ3n) is 7.69. The first kappa shape index (κ1) is 19.6. The fourth-order valence-electron chi connectivity index (χ4n) is 5.98. The van der Waals surface area contributed by atoms with Crippen molar-refractivity contribution in [1.82, 2.24) is 15.0 Å². The van der Waals surface area contributed by atoms with Gasteiger partial charge in [-0.15, -0.1) is 0 Å². The number of imidazole rings is 1. The summed E-state index contributed by atoms with van der Waals surface area (Å²) in [5.74, 6) is 0.587. The van der Waals surface area contributed by atoms with Gasteiger partial charge in [-0.1, -0.05) is 44.2 Å². The fraction of sp³-hybridized carbons (Fsp3) is 0.241. The Morgan fingerprint density at radius 3 is 2.79 bits per heavy atom. The summed E-state index contributed by atoms with van der Waals surface area (Å²) in [5.41, 5.74) is 7.89. The number of furan rings is 1. The maximum atomic E-state index is 13.0. The minimum absolute atomic E-state index is 0.122. The molecule has 3 aromatic heterocycles. The van der Waals surface area contributed by atoms with Crippen LogP contribution in [0.25, 0.3) is 55.1 Å². The lowest BCUT2D eigenvalue weighted by Crippen LogP contribution is -2.23. The number of rotatable bonds is 1. The van der Waals surface area contributed by atoms with Gasteiger partial charge >= 0.3 is 0 Å². The Hall–Kier alpha value is -3.86. The summed E-state index contributed by atoms with van der Waals surface area (Å²) >= 11 is 0. The third-order valence-corrected chi connectivity index (χ3v) is 7.69. The van der Waals surface area contributed by atoms with Crippen molar-refractivity contribution < 1.29 is 4.42 Å². The van der Waals surface area contributed by atoms with E-state index in [1.807, 2.05) is 36.6 Å². The number of aromatic amines is 2. The SMILES string of the molecule is Cc1coc2c3ccc4c(c3c3nc(-c5cc6ccccc6[nH]c5=O)[nH]c3c12)CCCC4(C)C. The number of para-hydroxylation sites is 1. The molecule has 168 valence electrons. The molecule has 5 heteroatoms. The van der Waals surface area contributed by atoms with E-state index >= 15 is 0 Å². The third kappa shape index (κ3) is 2.55. The molecular weight excluding hydrogens is 422 g/mol. The van der Waals surface area contributed by atoms with Crippen molar-refractivity contribution in [2.45, 2.75) is 45.4 Å². The number of fused-ring (bicyclic) bond motifs is 9. The van der Waals surface area contributed by atoms with Gasteiger partial charge in [-0.25, -0.2) is 4.98 Å². The number of nitrogens with zero attached hydrogens (tertiary/aromatic N) is 1. The van der Waals surface area contributed by atoms with E-state index in [1.54, 1.807) is 0 Å². The van der Waals surface area contributed by atoms with Crippen LogP contribution in [-0.4, -0.2) is 15.0 Å². The zero-order valence-electron chi connectivity index (χ0n) is 19.5. The maximum absolute atomic E-state index is 13.0. The van der Waals surface area contributed by atoms with Crippen LogP contribution in [0.1, 0.15) is 43.4 Å². The Kier molecular flexibility index (Phi) is 3.80. The summed E-state index contributed by atoms with van der Waals surface area (Å²) in [6.45, 7) is 6.71. The van der Waals surface area contributed by atoms with Gasteiger partial charge in [0.25, 0.3) is 5.56 Å². The summed E-state index contributed by atoms with van der Waals surface area (Å²) in [6, 6.07) is 14.2. The first-order valence-electron chi connectivity index (χ1n) is 11.9. The Bertz CT molecular complexity index is 1850. The fourth-order valence-corrected chi connectivity index (χ4v) is 5.98. The van der Waals surface area contributed by atoms with Gasteiger partial charge in [0.15, 0.2) is 0 Å². The van der Waals surface area contributed by atoms with Crippen molar-refractivity contribution in [2.24, 2.45) is 0 Å². The quantitative estimate of drug-likeness (QED) is 0.288. The molecule has 7 rings (SSSR count). The van der Waals surface area contributed by atoms with E-state index in [1.165, 1.54) is 17.5 Å². The van der Waals surface area contributed by atoms with Crippen molar-refractivity contribution >= 4 is 43.7 Å². The van der Waals surface area contributed by atoms with Gasteiger partial charge in [-0.05, 0) is 65.8 Å². The largest absolute Gasteiger partial charge is 0.463 e. The van der Waals surface area contributed by atoms with Gasteiger partial charge in [-0.3, -0.25) is 4.79 Å². The van der Waals surface area contributed by atoms with E-state index < -0.39 is 0 Å². The maximum Gasteiger partial charge on any atom is 0.259 e. The molecule has 0 atom stereocenters. The predicted molar refractivity (Wildman–Crippen MR) is 138 cm³/mol. The van der Waals surface area contributed by atoms with Gasteiger partial charge < -0.3 is 14.4 Å². The molecule has 0 unspecified atom stereocenters. The van der Waals surface area contributed by atoms with Crippen molar-refractivity contribution in [3.05, 3.63) is 75.8 Å². The minimum atomic E-state index is -0.148. The Balaban J connectivity index is 1.63. The summed E-state index contributed by atoms with van der Waals surface area (Å²) in [7, 11) is 0. The zero-order valence-corrected chi connectivity index (χ0v) is 19.5. The van der Waals surface area contributed by atoms with Crippen LogP contribution in [0.2, 0.25) is 0 Å². The highest BCUT2D eigenvalue weighted by atomic mass is 16.3. The normalized spacial score (nSPS) is 15.5. The van der Waals surface area contributed by atoms with E-state index in [0.29, 0.717) is 11.4 Å². The number of H-pyrrole nitrogens is 2. The topological polar surface area (TPSA) is 74.7 Å². The van der Waals surface area contributed by atoms with Crippen LogP contribution >= 0.6 is 0 Å². The van der Waals surface area contributed by atoms with Gasteiger partial charge in [0.05, 0.1) is 22.9 Å². The van der Waals surface area contributed by atoms with Crippen LogP contribution in [0.4, 0.5) is 0 Å². The lowest BCUT2D eigenvalue weighted by Gasteiger charge is -2.33. The van der Waals surface area contributed by atoms with E-state index in [4.69, 9.17) is 9.40 Å². The molecule has 0 aliphatic heterocycles. The Labute approximate surface area is 195 Å². The number of aromatic nitrogens is 3. The lowest BCUT2D eigenvalue weighted by molar-refractivity contribution is 0.433. The molecule has 0 saturated carbocycles. The molecule has 0 amide bonds. The molecule has 1 aliphatic rings. The number of nitrogens with one attached hydrogen (secondary N) is 2.